The van der Waals surface area contributed by atoms with E-state index in [9.17, 15) is 20.0 Å². The molecule has 0 spiro atoms. The van der Waals surface area contributed by atoms with E-state index in [4.69, 9.17) is 16.0 Å². The van der Waals surface area contributed by atoms with Gasteiger partial charge >= 0.3 is 5.63 Å². The van der Waals surface area contributed by atoms with E-state index in [1.807, 2.05) is 0 Å². The lowest BCUT2D eigenvalue weighted by Gasteiger charge is -2.06. The molecule has 3 aromatic rings. The zero-order chi connectivity index (χ0) is 17.3. The monoisotopic (exact) mass is 343 g/mol. The van der Waals surface area contributed by atoms with Gasteiger partial charge in [0, 0.05) is 6.07 Å². The molecule has 8 heteroatoms. The zero-order valence-electron chi connectivity index (χ0n) is 11.9. The van der Waals surface area contributed by atoms with Crippen molar-refractivity contribution in [3.63, 3.8) is 0 Å². The Labute approximate surface area is 139 Å². The topological polar surface area (TPSA) is 109 Å². The van der Waals surface area contributed by atoms with Gasteiger partial charge in [0.15, 0.2) is 0 Å². The van der Waals surface area contributed by atoms with Crippen LogP contribution in [0.3, 0.4) is 0 Å². The fourth-order valence-electron chi connectivity index (χ4n) is 2.10. The summed E-state index contributed by atoms with van der Waals surface area (Å²) in [5.41, 5.74) is -0.440. The van der Waals surface area contributed by atoms with Gasteiger partial charge in [-0.1, -0.05) is 35.9 Å². The van der Waals surface area contributed by atoms with Crippen molar-refractivity contribution in [2.24, 2.45) is 0 Å². The molecular formula is C16H8ClN2O5-. The molecule has 120 valence electrons. The number of halogens is 1. The summed E-state index contributed by atoms with van der Waals surface area (Å²) < 4.78 is 5.06. The lowest BCUT2D eigenvalue weighted by molar-refractivity contribution is -0.398. The van der Waals surface area contributed by atoms with Crippen molar-refractivity contribution in [2.75, 3.05) is 0 Å². The fourth-order valence-corrected chi connectivity index (χ4v) is 2.30. The number of para-hydroxylation sites is 1. The molecule has 0 amide bonds. The maximum Gasteiger partial charge on any atom is 0.347 e. The molecule has 24 heavy (non-hydrogen) atoms. The van der Waals surface area contributed by atoms with Gasteiger partial charge < -0.3 is 9.52 Å². The summed E-state index contributed by atoms with van der Waals surface area (Å²) in [4.78, 5) is 26.1. The first kappa shape index (κ1) is 15.7. The Bertz CT molecular complexity index is 1040. The Kier molecular flexibility index (Phi) is 4.01. The second kappa shape index (κ2) is 6.13. The Morgan fingerprint density at radius 1 is 1.25 bits per heavy atom. The highest BCUT2D eigenvalue weighted by Gasteiger charge is 2.11. The number of nitro groups is 1. The van der Waals surface area contributed by atoms with Gasteiger partial charge in [0.05, 0.1) is 15.8 Å². The normalized spacial score (nSPS) is 11.6. The third kappa shape index (κ3) is 2.97. The number of aromatic nitrogens is 1. The second-order valence-electron chi connectivity index (χ2n) is 4.80. The van der Waals surface area contributed by atoms with E-state index in [-0.39, 0.29) is 10.9 Å². The van der Waals surface area contributed by atoms with Crippen LogP contribution in [0, 0.1) is 10.1 Å². The van der Waals surface area contributed by atoms with Crippen LogP contribution >= 0.6 is 11.6 Å². The molecule has 7 nitrogen and oxygen atoms in total. The van der Waals surface area contributed by atoms with Crippen molar-refractivity contribution in [2.45, 2.75) is 0 Å². The number of hydrogen-bond donors (Lipinski definition) is 0. The molecule has 0 radical (unpaired) electrons. The van der Waals surface area contributed by atoms with Gasteiger partial charge in [-0.05, 0) is 29.5 Å². The number of hydrogen-bond acceptors (Lipinski definition) is 6. The standard InChI is InChI=1S/C16H9ClN2O5/c17-11(7-9-5-6-14(20)13(8-9)19(22)23)15-18-12-4-2-1-3-10(12)16(21)24-15/h1-8,20H/p-1/b11-7-. The minimum absolute atomic E-state index is 0.0224. The highest BCUT2D eigenvalue weighted by Crippen LogP contribution is 2.27. The molecule has 0 aliphatic carbocycles. The number of nitrogens with zero attached hydrogens (tertiary/aromatic N) is 2. The lowest BCUT2D eigenvalue weighted by atomic mass is 10.1. The van der Waals surface area contributed by atoms with Crippen LogP contribution in [0.1, 0.15) is 11.5 Å². The molecule has 0 fully saturated rings. The molecule has 0 aliphatic heterocycles. The van der Waals surface area contributed by atoms with Crippen LogP contribution in [0.5, 0.6) is 5.75 Å². The number of fused-ring (bicyclic) bond motifs is 1. The largest absolute Gasteiger partial charge is 0.868 e. The molecular weight excluding hydrogens is 336 g/mol. The van der Waals surface area contributed by atoms with Crippen LogP contribution in [0.2, 0.25) is 0 Å². The average molecular weight is 344 g/mol. The average Bonchev–Trinajstić information content (AvgIpc) is 2.56. The van der Waals surface area contributed by atoms with Crippen molar-refractivity contribution in [1.82, 2.24) is 4.98 Å². The van der Waals surface area contributed by atoms with Gasteiger partial charge in [-0.15, -0.1) is 0 Å². The quantitative estimate of drug-likeness (QED) is 0.534. The van der Waals surface area contributed by atoms with E-state index < -0.39 is 22.0 Å². The van der Waals surface area contributed by atoms with E-state index in [1.165, 1.54) is 12.1 Å². The first-order valence-electron chi connectivity index (χ1n) is 6.68. The highest BCUT2D eigenvalue weighted by atomic mass is 35.5. The molecule has 0 saturated carbocycles. The van der Waals surface area contributed by atoms with Crippen molar-refractivity contribution >= 4 is 39.3 Å². The maximum atomic E-state index is 11.9. The first-order chi connectivity index (χ1) is 11.5. The third-order valence-electron chi connectivity index (χ3n) is 3.21. The van der Waals surface area contributed by atoms with Crippen LogP contribution < -0.4 is 10.7 Å². The molecule has 0 N–H and O–H groups in total. The van der Waals surface area contributed by atoms with Crippen molar-refractivity contribution in [1.29, 1.82) is 0 Å². The van der Waals surface area contributed by atoms with Gasteiger partial charge in [0.25, 0.3) is 5.69 Å². The van der Waals surface area contributed by atoms with Gasteiger partial charge in [-0.25, -0.2) is 9.78 Å². The van der Waals surface area contributed by atoms with E-state index in [1.54, 1.807) is 24.3 Å². The molecule has 0 aliphatic rings. The van der Waals surface area contributed by atoms with Gasteiger partial charge in [0.1, 0.15) is 5.03 Å². The predicted molar refractivity (Wildman–Crippen MR) is 86.5 cm³/mol. The number of rotatable bonds is 3. The number of benzene rings is 2. The van der Waals surface area contributed by atoms with E-state index >= 15 is 0 Å². The predicted octanol–water partition coefficient (Wildman–Crippen LogP) is 2.91. The Morgan fingerprint density at radius 3 is 2.75 bits per heavy atom. The minimum atomic E-state index is -0.776. The van der Waals surface area contributed by atoms with Crippen LogP contribution in [0.4, 0.5) is 5.69 Å². The summed E-state index contributed by atoms with van der Waals surface area (Å²) in [5.74, 6) is -0.821. The lowest BCUT2D eigenvalue weighted by Crippen LogP contribution is -2.03. The SMILES string of the molecule is O=c1oc(/C(Cl)=C/c2ccc([O-])c([N+](=O)[O-])c2)nc2ccccc12. The third-order valence-corrected chi connectivity index (χ3v) is 3.48. The minimum Gasteiger partial charge on any atom is -0.868 e. The van der Waals surface area contributed by atoms with E-state index in [2.05, 4.69) is 4.98 Å². The smallest absolute Gasteiger partial charge is 0.347 e. The Balaban J connectivity index is 2.07. The Hall–Kier alpha value is -3.19. The zero-order valence-corrected chi connectivity index (χ0v) is 12.7. The van der Waals surface area contributed by atoms with Gasteiger partial charge in [-0.2, -0.15) is 0 Å². The first-order valence-corrected chi connectivity index (χ1v) is 7.06. The molecule has 0 saturated heterocycles. The van der Waals surface area contributed by atoms with E-state index in [0.717, 1.165) is 12.1 Å². The Morgan fingerprint density at radius 2 is 2.00 bits per heavy atom. The van der Waals surface area contributed by atoms with Gasteiger partial charge in [-0.3, -0.25) is 10.1 Å². The summed E-state index contributed by atoms with van der Waals surface area (Å²) in [6.07, 6.45) is 1.33. The van der Waals surface area contributed by atoms with E-state index in [0.29, 0.717) is 16.5 Å². The molecule has 0 atom stereocenters. The van der Waals surface area contributed by atoms with Crippen molar-refractivity contribution < 1.29 is 14.4 Å². The second-order valence-corrected chi connectivity index (χ2v) is 5.21. The van der Waals surface area contributed by atoms with Crippen molar-refractivity contribution in [3.05, 3.63) is 74.5 Å². The molecule has 0 unspecified atom stereocenters. The summed E-state index contributed by atoms with van der Waals surface area (Å²) in [6.45, 7) is 0. The number of nitro benzene ring substituents is 1. The maximum absolute atomic E-state index is 11.9. The van der Waals surface area contributed by atoms with Crippen LogP contribution in [0.25, 0.3) is 22.0 Å². The van der Waals surface area contributed by atoms with Gasteiger partial charge in [0.2, 0.25) is 5.89 Å². The van der Waals surface area contributed by atoms with Crippen LogP contribution in [-0.4, -0.2) is 9.91 Å². The fraction of sp³-hybridized carbons (Fsp3) is 0. The van der Waals surface area contributed by atoms with Crippen LogP contribution in [0.15, 0.2) is 51.7 Å². The molecule has 3 rings (SSSR count). The summed E-state index contributed by atoms with van der Waals surface area (Å²) in [5, 5.41) is 22.5. The molecule has 0 bridgehead atoms. The van der Waals surface area contributed by atoms with Crippen LogP contribution in [-0.2, 0) is 0 Å². The summed E-state index contributed by atoms with van der Waals surface area (Å²) in [7, 11) is 0. The molecule has 1 heterocycles. The summed E-state index contributed by atoms with van der Waals surface area (Å²) >= 11 is 6.10. The summed E-state index contributed by atoms with van der Waals surface area (Å²) in [6, 6.07) is 10.1. The molecule has 2 aromatic carbocycles. The highest BCUT2D eigenvalue weighted by molar-refractivity contribution is 6.50. The van der Waals surface area contributed by atoms with Crippen molar-refractivity contribution in [3.8, 4) is 5.75 Å². The molecule has 1 aromatic heterocycles.